The Bertz CT molecular complexity index is 1020. The summed E-state index contributed by atoms with van der Waals surface area (Å²) in [7, 11) is -2.46. The SMILES string of the molecule is Cc1cc(C)c(NC(=O)CN(C)C(=O)c2ccc(C)c(S(N)(=O)=O)c2)c(C)c1. The van der Waals surface area contributed by atoms with Gasteiger partial charge in [-0.15, -0.1) is 0 Å². The zero-order valence-electron chi connectivity index (χ0n) is 16.7. The van der Waals surface area contributed by atoms with Crippen molar-refractivity contribution in [3.63, 3.8) is 0 Å². The summed E-state index contributed by atoms with van der Waals surface area (Å²) < 4.78 is 23.3. The molecule has 0 bridgehead atoms. The Kier molecular flexibility index (Phi) is 6.26. The van der Waals surface area contributed by atoms with E-state index in [-0.39, 0.29) is 22.9 Å². The molecule has 0 radical (unpaired) electrons. The molecule has 0 saturated carbocycles. The van der Waals surface area contributed by atoms with E-state index in [1.165, 1.54) is 30.1 Å². The van der Waals surface area contributed by atoms with Gasteiger partial charge in [-0.05, 0) is 56.5 Å². The average Bonchev–Trinajstić information content (AvgIpc) is 2.56. The second kappa shape index (κ2) is 8.12. The lowest BCUT2D eigenvalue weighted by Crippen LogP contribution is -2.35. The highest BCUT2D eigenvalue weighted by molar-refractivity contribution is 7.89. The van der Waals surface area contributed by atoms with Gasteiger partial charge in [-0.3, -0.25) is 9.59 Å². The molecule has 0 aliphatic carbocycles. The standard InChI is InChI=1S/C20H25N3O4S/c1-12-8-14(3)19(15(4)9-12)22-18(24)11-23(5)20(25)16-7-6-13(2)17(10-16)28(21,26)27/h6-10H,11H2,1-5H3,(H,22,24)(H2,21,26,27). The van der Waals surface area contributed by atoms with Gasteiger partial charge < -0.3 is 10.2 Å². The Balaban J connectivity index is 2.16. The normalized spacial score (nSPS) is 11.2. The van der Waals surface area contributed by atoms with Crippen molar-refractivity contribution in [3.8, 4) is 0 Å². The summed E-state index contributed by atoms with van der Waals surface area (Å²) in [6.07, 6.45) is 0. The van der Waals surface area contributed by atoms with Crippen LogP contribution in [0.1, 0.15) is 32.6 Å². The number of carbonyl (C=O) groups is 2. The molecule has 0 fully saturated rings. The molecule has 3 N–H and O–H groups in total. The molecule has 0 heterocycles. The summed E-state index contributed by atoms with van der Waals surface area (Å²) in [4.78, 5) is 26.1. The average molecular weight is 404 g/mol. The fourth-order valence-electron chi connectivity index (χ4n) is 3.10. The fourth-order valence-corrected chi connectivity index (χ4v) is 3.91. The van der Waals surface area contributed by atoms with Crippen molar-refractivity contribution in [2.24, 2.45) is 5.14 Å². The first-order valence-electron chi connectivity index (χ1n) is 8.66. The predicted octanol–water partition coefficient (Wildman–Crippen LogP) is 2.28. The van der Waals surface area contributed by atoms with E-state index in [0.717, 1.165) is 22.4 Å². The van der Waals surface area contributed by atoms with Gasteiger partial charge in [0, 0.05) is 18.3 Å². The van der Waals surface area contributed by atoms with Crippen LogP contribution in [0.5, 0.6) is 0 Å². The summed E-state index contributed by atoms with van der Waals surface area (Å²) in [6, 6.07) is 8.20. The number of amides is 2. The summed E-state index contributed by atoms with van der Waals surface area (Å²) in [5.74, 6) is -0.818. The number of sulfonamides is 1. The van der Waals surface area contributed by atoms with Gasteiger partial charge in [0.1, 0.15) is 0 Å². The van der Waals surface area contributed by atoms with E-state index in [9.17, 15) is 18.0 Å². The number of primary sulfonamides is 1. The number of likely N-dealkylation sites (N-methyl/N-ethyl adjacent to an activating group) is 1. The third-order valence-corrected chi connectivity index (χ3v) is 5.46. The van der Waals surface area contributed by atoms with E-state index >= 15 is 0 Å². The molecule has 0 atom stereocenters. The Morgan fingerprint density at radius 3 is 2.11 bits per heavy atom. The zero-order valence-corrected chi connectivity index (χ0v) is 17.5. The van der Waals surface area contributed by atoms with Crippen LogP contribution in [0.3, 0.4) is 0 Å². The van der Waals surface area contributed by atoms with Crippen molar-refractivity contribution < 1.29 is 18.0 Å². The maximum absolute atomic E-state index is 12.6. The van der Waals surface area contributed by atoms with Crippen LogP contribution in [0.4, 0.5) is 5.69 Å². The van der Waals surface area contributed by atoms with E-state index in [4.69, 9.17) is 5.14 Å². The van der Waals surface area contributed by atoms with Crippen LogP contribution in [-0.4, -0.2) is 38.7 Å². The molecule has 2 amide bonds. The molecular weight excluding hydrogens is 378 g/mol. The van der Waals surface area contributed by atoms with Crippen LogP contribution in [0.15, 0.2) is 35.2 Å². The highest BCUT2D eigenvalue weighted by Crippen LogP contribution is 2.22. The van der Waals surface area contributed by atoms with Gasteiger partial charge in [0.2, 0.25) is 15.9 Å². The number of rotatable bonds is 5. The number of anilines is 1. The zero-order chi connectivity index (χ0) is 21.2. The second-order valence-electron chi connectivity index (χ2n) is 7.01. The van der Waals surface area contributed by atoms with Crippen LogP contribution in [0.25, 0.3) is 0 Å². The minimum Gasteiger partial charge on any atom is -0.332 e. The maximum atomic E-state index is 12.6. The van der Waals surface area contributed by atoms with Crippen molar-refractivity contribution in [1.29, 1.82) is 0 Å². The molecule has 0 saturated heterocycles. The molecule has 7 nitrogen and oxygen atoms in total. The Labute approximate surface area is 165 Å². The van der Waals surface area contributed by atoms with E-state index in [2.05, 4.69) is 5.32 Å². The highest BCUT2D eigenvalue weighted by atomic mass is 32.2. The van der Waals surface area contributed by atoms with Gasteiger partial charge in [-0.25, -0.2) is 13.6 Å². The van der Waals surface area contributed by atoms with Gasteiger partial charge in [0.15, 0.2) is 0 Å². The topological polar surface area (TPSA) is 110 Å². The fraction of sp³-hybridized carbons (Fsp3) is 0.300. The summed E-state index contributed by atoms with van der Waals surface area (Å²) in [5, 5.41) is 8.03. The van der Waals surface area contributed by atoms with Crippen molar-refractivity contribution in [1.82, 2.24) is 4.90 Å². The molecule has 2 rings (SSSR count). The number of nitrogens with zero attached hydrogens (tertiary/aromatic N) is 1. The summed E-state index contributed by atoms with van der Waals surface area (Å²) >= 11 is 0. The number of nitrogens with two attached hydrogens (primary N) is 1. The first-order valence-corrected chi connectivity index (χ1v) is 10.2. The van der Waals surface area contributed by atoms with Crippen LogP contribution < -0.4 is 10.5 Å². The smallest absolute Gasteiger partial charge is 0.254 e. The molecule has 8 heteroatoms. The molecule has 150 valence electrons. The monoisotopic (exact) mass is 403 g/mol. The van der Waals surface area contributed by atoms with Gasteiger partial charge in [0.25, 0.3) is 5.91 Å². The van der Waals surface area contributed by atoms with Gasteiger partial charge in [-0.2, -0.15) is 0 Å². The van der Waals surface area contributed by atoms with Gasteiger partial charge in [-0.1, -0.05) is 23.8 Å². The maximum Gasteiger partial charge on any atom is 0.254 e. The van der Waals surface area contributed by atoms with E-state index in [0.29, 0.717) is 5.56 Å². The van der Waals surface area contributed by atoms with Gasteiger partial charge in [0.05, 0.1) is 11.4 Å². The molecule has 28 heavy (non-hydrogen) atoms. The molecule has 0 aliphatic rings. The van der Waals surface area contributed by atoms with Crippen LogP contribution in [-0.2, 0) is 14.8 Å². The predicted molar refractivity (Wildman–Crippen MR) is 109 cm³/mol. The molecular formula is C20H25N3O4S. The third kappa shape index (κ3) is 4.96. The van der Waals surface area contributed by atoms with E-state index in [1.807, 2.05) is 32.9 Å². The summed E-state index contributed by atoms with van der Waals surface area (Å²) in [6.45, 7) is 7.22. The first-order chi connectivity index (χ1) is 12.9. The highest BCUT2D eigenvalue weighted by Gasteiger charge is 2.19. The molecule has 0 unspecified atom stereocenters. The van der Waals surface area contributed by atoms with E-state index in [1.54, 1.807) is 6.92 Å². The number of benzene rings is 2. The molecule has 0 aromatic heterocycles. The van der Waals surface area contributed by atoms with Crippen molar-refractivity contribution in [3.05, 3.63) is 58.1 Å². The van der Waals surface area contributed by atoms with Crippen molar-refractivity contribution in [2.75, 3.05) is 18.9 Å². The lowest BCUT2D eigenvalue weighted by atomic mass is 10.1. The molecule has 2 aromatic rings. The number of carbonyl (C=O) groups excluding carboxylic acids is 2. The minimum atomic E-state index is -3.94. The second-order valence-corrected chi connectivity index (χ2v) is 8.54. The Hall–Kier alpha value is -2.71. The Morgan fingerprint density at radius 2 is 1.57 bits per heavy atom. The lowest BCUT2D eigenvalue weighted by molar-refractivity contribution is -0.116. The first kappa shape index (κ1) is 21.6. The number of hydrogen-bond acceptors (Lipinski definition) is 4. The van der Waals surface area contributed by atoms with Crippen molar-refractivity contribution in [2.45, 2.75) is 32.6 Å². The number of aryl methyl sites for hydroxylation is 4. The molecule has 0 spiro atoms. The van der Waals surface area contributed by atoms with Crippen LogP contribution in [0, 0.1) is 27.7 Å². The number of nitrogens with one attached hydrogen (secondary N) is 1. The summed E-state index contributed by atoms with van der Waals surface area (Å²) in [5.41, 5.74) is 4.30. The third-order valence-electron chi connectivity index (χ3n) is 4.41. The van der Waals surface area contributed by atoms with Crippen LogP contribution in [0.2, 0.25) is 0 Å². The lowest BCUT2D eigenvalue weighted by Gasteiger charge is -2.19. The van der Waals surface area contributed by atoms with Crippen LogP contribution >= 0.6 is 0 Å². The van der Waals surface area contributed by atoms with Gasteiger partial charge >= 0.3 is 0 Å². The minimum absolute atomic E-state index is 0.109. The molecule has 0 aliphatic heterocycles. The largest absolute Gasteiger partial charge is 0.332 e. The Morgan fingerprint density at radius 1 is 1.00 bits per heavy atom. The molecule has 2 aromatic carbocycles. The van der Waals surface area contributed by atoms with Crippen molar-refractivity contribution >= 4 is 27.5 Å². The quantitative estimate of drug-likeness (QED) is 0.798. The van der Waals surface area contributed by atoms with E-state index < -0.39 is 15.9 Å². The number of hydrogen-bond donors (Lipinski definition) is 2.